The fourth-order valence-electron chi connectivity index (χ4n) is 1.74. The fraction of sp³-hybridized carbons (Fsp3) is 0.429. The Labute approximate surface area is 126 Å². The highest BCUT2D eigenvalue weighted by Crippen LogP contribution is 2.32. The van der Waals surface area contributed by atoms with Crippen molar-refractivity contribution in [3.8, 4) is 0 Å². The number of hydrogen-bond acceptors (Lipinski definition) is 0. The lowest BCUT2D eigenvalue weighted by atomic mass is 10.00. The standard InChI is InChI=1S/C14H18I2/c1-3-7-11(13(15)8-4-2)12-9-5-6-10-14(12)16/h5-6,9-10H,3-4,7-8H2,1-2H3/b13-11-. The molecule has 0 nitrogen and oxygen atoms in total. The predicted molar refractivity (Wildman–Crippen MR) is 89.9 cm³/mol. The van der Waals surface area contributed by atoms with E-state index >= 15 is 0 Å². The largest absolute Gasteiger partial charge is 0.0651 e. The highest BCUT2D eigenvalue weighted by molar-refractivity contribution is 14.1. The Bertz CT molecular complexity index is 367. The van der Waals surface area contributed by atoms with Gasteiger partial charge in [0.25, 0.3) is 0 Å². The predicted octanol–water partition coefficient (Wildman–Crippen LogP) is 6.04. The summed E-state index contributed by atoms with van der Waals surface area (Å²) in [6.07, 6.45) is 4.85. The zero-order valence-electron chi connectivity index (χ0n) is 9.89. The van der Waals surface area contributed by atoms with Crippen molar-refractivity contribution in [2.75, 3.05) is 0 Å². The third-order valence-corrected chi connectivity index (χ3v) is 4.63. The van der Waals surface area contributed by atoms with Crippen LogP contribution in [0.25, 0.3) is 5.57 Å². The second kappa shape index (κ2) is 7.69. The van der Waals surface area contributed by atoms with Crippen LogP contribution in [0, 0.1) is 3.57 Å². The Balaban J connectivity index is 3.12. The van der Waals surface area contributed by atoms with Crippen LogP contribution in [0.3, 0.4) is 0 Å². The van der Waals surface area contributed by atoms with E-state index in [1.54, 1.807) is 5.57 Å². The summed E-state index contributed by atoms with van der Waals surface area (Å²) in [5, 5.41) is 0. The van der Waals surface area contributed by atoms with Gasteiger partial charge in [0, 0.05) is 3.57 Å². The first-order chi connectivity index (χ1) is 7.70. The Morgan fingerprint density at radius 1 is 1.06 bits per heavy atom. The Morgan fingerprint density at radius 3 is 2.25 bits per heavy atom. The molecule has 16 heavy (non-hydrogen) atoms. The van der Waals surface area contributed by atoms with E-state index in [2.05, 4.69) is 83.3 Å². The third-order valence-electron chi connectivity index (χ3n) is 2.50. The summed E-state index contributed by atoms with van der Waals surface area (Å²) in [5.41, 5.74) is 2.98. The maximum atomic E-state index is 2.52. The molecule has 0 N–H and O–H groups in total. The normalized spacial score (nSPS) is 12.5. The minimum Gasteiger partial charge on any atom is -0.0651 e. The molecule has 0 bridgehead atoms. The fourth-order valence-corrected chi connectivity index (χ4v) is 3.56. The molecule has 0 spiro atoms. The number of allylic oxidation sites excluding steroid dienone is 2. The van der Waals surface area contributed by atoms with Crippen LogP contribution in [-0.2, 0) is 0 Å². The summed E-state index contributed by atoms with van der Waals surface area (Å²) in [6, 6.07) is 8.70. The zero-order valence-corrected chi connectivity index (χ0v) is 14.2. The van der Waals surface area contributed by atoms with Crippen LogP contribution in [0.5, 0.6) is 0 Å². The van der Waals surface area contributed by atoms with Crippen molar-refractivity contribution in [1.29, 1.82) is 0 Å². The van der Waals surface area contributed by atoms with Crippen molar-refractivity contribution in [2.24, 2.45) is 0 Å². The van der Waals surface area contributed by atoms with E-state index in [4.69, 9.17) is 0 Å². The smallest absolute Gasteiger partial charge is 0.0205 e. The van der Waals surface area contributed by atoms with E-state index in [1.165, 1.54) is 38.4 Å². The van der Waals surface area contributed by atoms with E-state index in [-0.39, 0.29) is 0 Å². The molecule has 2 heteroatoms. The SMILES string of the molecule is CCC/C(I)=C(\CCC)c1ccccc1I. The van der Waals surface area contributed by atoms with Crippen LogP contribution < -0.4 is 0 Å². The van der Waals surface area contributed by atoms with Gasteiger partial charge in [-0.05, 0) is 78.8 Å². The molecule has 1 aromatic rings. The van der Waals surface area contributed by atoms with Gasteiger partial charge in [-0.3, -0.25) is 0 Å². The molecular weight excluding hydrogens is 422 g/mol. The van der Waals surface area contributed by atoms with Crippen molar-refractivity contribution in [2.45, 2.75) is 39.5 Å². The third kappa shape index (κ3) is 4.02. The average Bonchev–Trinajstić information content (AvgIpc) is 2.27. The Hall–Kier alpha value is 0.420. The van der Waals surface area contributed by atoms with Crippen LogP contribution in [0.4, 0.5) is 0 Å². The average molecular weight is 440 g/mol. The Kier molecular flexibility index (Phi) is 6.96. The van der Waals surface area contributed by atoms with E-state index in [0.717, 1.165) is 0 Å². The number of halogens is 2. The van der Waals surface area contributed by atoms with Crippen LogP contribution in [0.2, 0.25) is 0 Å². The van der Waals surface area contributed by atoms with E-state index < -0.39 is 0 Å². The van der Waals surface area contributed by atoms with E-state index in [0.29, 0.717) is 0 Å². The molecule has 88 valence electrons. The summed E-state index contributed by atoms with van der Waals surface area (Å²) in [6.45, 7) is 4.50. The molecule has 0 atom stereocenters. The van der Waals surface area contributed by atoms with Gasteiger partial charge >= 0.3 is 0 Å². The highest BCUT2D eigenvalue weighted by Gasteiger charge is 2.08. The molecule has 0 aliphatic heterocycles. The Morgan fingerprint density at radius 2 is 1.69 bits per heavy atom. The highest BCUT2D eigenvalue weighted by atomic mass is 127. The number of hydrogen-bond donors (Lipinski definition) is 0. The number of rotatable bonds is 5. The van der Waals surface area contributed by atoms with Gasteiger partial charge in [-0.1, -0.05) is 44.9 Å². The lowest BCUT2D eigenvalue weighted by Gasteiger charge is -2.12. The molecule has 0 amide bonds. The van der Waals surface area contributed by atoms with Crippen molar-refractivity contribution in [1.82, 2.24) is 0 Å². The maximum absolute atomic E-state index is 2.52. The molecule has 0 aliphatic rings. The minimum atomic E-state index is 1.19. The molecule has 0 saturated heterocycles. The summed E-state index contributed by atoms with van der Waals surface area (Å²) >= 11 is 4.96. The first kappa shape index (κ1) is 14.5. The second-order valence-corrected chi connectivity index (χ2v) is 6.33. The lowest BCUT2D eigenvalue weighted by Crippen LogP contribution is -1.91. The molecule has 0 aliphatic carbocycles. The van der Waals surface area contributed by atoms with Gasteiger partial charge in [-0.2, -0.15) is 0 Å². The van der Waals surface area contributed by atoms with E-state index in [9.17, 15) is 0 Å². The maximum Gasteiger partial charge on any atom is 0.0205 e. The first-order valence-electron chi connectivity index (χ1n) is 5.83. The zero-order chi connectivity index (χ0) is 12.0. The van der Waals surface area contributed by atoms with Gasteiger partial charge in [0.15, 0.2) is 0 Å². The molecule has 0 heterocycles. The van der Waals surface area contributed by atoms with Crippen molar-refractivity contribution in [3.63, 3.8) is 0 Å². The number of benzene rings is 1. The molecule has 0 saturated carbocycles. The van der Waals surface area contributed by atoms with Crippen LogP contribution in [0.1, 0.15) is 45.1 Å². The lowest BCUT2D eigenvalue weighted by molar-refractivity contribution is 0.928. The molecule has 0 unspecified atom stereocenters. The van der Waals surface area contributed by atoms with Crippen molar-refractivity contribution < 1.29 is 0 Å². The second-order valence-electron chi connectivity index (χ2n) is 3.86. The quantitative estimate of drug-likeness (QED) is 0.491. The van der Waals surface area contributed by atoms with Crippen LogP contribution in [0.15, 0.2) is 27.8 Å². The topological polar surface area (TPSA) is 0 Å². The van der Waals surface area contributed by atoms with Gasteiger partial charge < -0.3 is 0 Å². The summed E-state index contributed by atoms with van der Waals surface area (Å²) in [4.78, 5) is 0. The molecule has 0 aromatic heterocycles. The summed E-state index contributed by atoms with van der Waals surface area (Å²) < 4.78 is 2.90. The van der Waals surface area contributed by atoms with Gasteiger partial charge in [0.05, 0.1) is 0 Å². The van der Waals surface area contributed by atoms with Gasteiger partial charge in [-0.15, -0.1) is 0 Å². The molecule has 1 aromatic carbocycles. The molecular formula is C14H18I2. The van der Waals surface area contributed by atoms with Crippen molar-refractivity contribution in [3.05, 3.63) is 37.0 Å². The summed E-state index contributed by atoms with van der Waals surface area (Å²) in [5.74, 6) is 0. The van der Waals surface area contributed by atoms with E-state index in [1.807, 2.05) is 0 Å². The van der Waals surface area contributed by atoms with Gasteiger partial charge in [0.1, 0.15) is 0 Å². The van der Waals surface area contributed by atoms with Gasteiger partial charge in [-0.25, -0.2) is 0 Å². The van der Waals surface area contributed by atoms with Crippen LogP contribution >= 0.6 is 45.2 Å². The summed E-state index contributed by atoms with van der Waals surface area (Å²) in [7, 11) is 0. The molecule has 0 radical (unpaired) electrons. The molecule has 1 rings (SSSR count). The molecule has 0 fully saturated rings. The monoisotopic (exact) mass is 440 g/mol. The van der Waals surface area contributed by atoms with Crippen molar-refractivity contribution >= 4 is 50.8 Å². The van der Waals surface area contributed by atoms with Gasteiger partial charge in [0.2, 0.25) is 0 Å². The minimum absolute atomic E-state index is 1.19. The first-order valence-corrected chi connectivity index (χ1v) is 7.98. The van der Waals surface area contributed by atoms with Crippen LogP contribution in [-0.4, -0.2) is 0 Å².